The molecule has 8 heteroatoms. The molecule has 7 nitrogen and oxygen atoms in total. The minimum absolute atomic E-state index is 0.0289. The summed E-state index contributed by atoms with van der Waals surface area (Å²) in [5.74, 6) is -0.722. The molecule has 0 aliphatic carbocycles. The highest BCUT2D eigenvalue weighted by Crippen LogP contribution is 2.27. The number of ether oxygens (including phenoxy) is 1. The number of hydrogen-bond donors (Lipinski definition) is 1. The molecule has 0 bridgehead atoms. The Kier molecular flexibility index (Phi) is 6.13. The van der Waals surface area contributed by atoms with Crippen molar-refractivity contribution in [3.05, 3.63) is 119 Å². The standard InChI is InChI=1S/C28H21NO6S/c1-18-11-14-21(15-12-18)36(32,33)29-26(19-7-3-2-4-8-19)28(31)34-20-13-16-23-22-9-5-6-10-24(22)27(30)35-25(23)17-20/h2-17,26,29H,1H3/t26-/m1/s1. The zero-order chi connectivity index (χ0) is 25.3. The summed E-state index contributed by atoms with van der Waals surface area (Å²) in [5.41, 5.74) is 1.07. The molecule has 1 aromatic heterocycles. The van der Waals surface area contributed by atoms with Crippen molar-refractivity contribution in [1.82, 2.24) is 4.72 Å². The van der Waals surface area contributed by atoms with Crippen LogP contribution in [-0.2, 0) is 14.8 Å². The zero-order valence-corrected chi connectivity index (χ0v) is 20.0. The number of fused-ring (bicyclic) bond motifs is 3. The number of nitrogens with one attached hydrogen (secondary N) is 1. The van der Waals surface area contributed by atoms with Crippen molar-refractivity contribution in [1.29, 1.82) is 0 Å². The molecule has 0 aliphatic heterocycles. The van der Waals surface area contributed by atoms with Crippen LogP contribution >= 0.6 is 0 Å². The molecule has 0 radical (unpaired) electrons. The highest BCUT2D eigenvalue weighted by atomic mass is 32.2. The Balaban J connectivity index is 1.49. The number of aryl methyl sites for hydroxylation is 1. The molecule has 1 heterocycles. The molecule has 180 valence electrons. The summed E-state index contributed by atoms with van der Waals surface area (Å²) >= 11 is 0. The van der Waals surface area contributed by atoms with Crippen LogP contribution in [0.2, 0.25) is 0 Å². The molecule has 0 unspecified atom stereocenters. The highest BCUT2D eigenvalue weighted by molar-refractivity contribution is 7.89. The molecule has 0 spiro atoms. The second-order valence-electron chi connectivity index (χ2n) is 8.29. The quantitative estimate of drug-likeness (QED) is 0.155. The molecule has 4 aromatic carbocycles. The van der Waals surface area contributed by atoms with Gasteiger partial charge in [0.1, 0.15) is 17.4 Å². The van der Waals surface area contributed by atoms with Gasteiger partial charge in [-0.05, 0) is 48.2 Å². The third kappa shape index (κ3) is 4.64. The summed E-state index contributed by atoms with van der Waals surface area (Å²) in [6.07, 6.45) is 0. The number of carbonyl (C=O) groups excluding carboxylic acids is 1. The fraction of sp³-hybridized carbons (Fsp3) is 0.0714. The molecule has 0 amide bonds. The minimum Gasteiger partial charge on any atom is -0.425 e. The van der Waals surface area contributed by atoms with Gasteiger partial charge in [0.25, 0.3) is 0 Å². The molecule has 36 heavy (non-hydrogen) atoms. The SMILES string of the molecule is Cc1ccc(S(=O)(=O)N[C@@H](C(=O)Oc2ccc3c(c2)oc(=O)c2ccccc23)c2ccccc2)cc1. The van der Waals surface area contributed by atoms with Gasteiger partial charge in [-0.3, -0.25) is 0 Å². The van der Waals surface area contributed by atoms with E-state index in [0.29, 0.717) is 16.3 Å². The predicted octanol–water partition coefficient (Wildman–Crippen LogP) is 4.88. The van der Waals surface area contributed by atoms with Crippen LogP contribution in [0, 0.1) is 6.92 Å². The Morgan fingerprint density at radius 1 is 0.833 bits per heavy atom. The first-order valence-electron chi connectivity index (χ1n) is 11.1. The summed E-state index contributed by atoms with van der Waals surface area (Å²) in [6, 6.07) is 25.2. The monoisotopic (exact) mass is 499 g/mol. The van der Waals surface area contributed by atoms with Gasteiger partial charge in [-0.15, -0.1) is 0 Å². The van der Waals surface area contributed by atoms with E-state index >= 15 is 0 Å². The van der Waals surface area contributed by atoms with Gasteiger partial charge in [0.15, 0.2) is 0 Å². The zero-order valence-electron chi connectivity index (χ0n) is 19.2. The van der Waals surface area contributed by atoms with E-state index in [-0.39, 0.29) is 16.2 Å². The van der Waals surface area contributed by atoms with Gasteiger partial charge in [0.2, 0.25) is 10.0 Å². The molecule has 5 aromatic rings. The van der Waals surface area contributed by atoms with E-state index in [2.05, 4.69) is 4.72 Å². The van der Waals surface area contributed by atoms with E-state index in [1.54, 1.807) is 66.7 Å². The summed E-state index contributed by atoms with van der Waals surface area (Å²) in [6.45, 7) is 1.85. The van der Waals surface area contributed by atoms with Crippen molar-refractivity contribution in [2.45, 2.75) is 17.9 Å². The number of carbonyl (C=O) groups is 1. The van der Waals surface area contributed by atoms with Gasteiger partial charge >= 0.3 is 11.6 Å². The second-order valence-corrected chi connectivity index (χ2v) is 10.0. The fourth-order valence-corrected chi connectivity index (χ4v) is 5.11. The average Bonchev–Trinajstić information content (AvgIpc) is 2.88. The molecular formula is C28H21NO6S. The van der Waals surface area contributed by atoms with Crippen molar-refractivity contribution in [3.8, 4) is 5.75 Å². The Labute approximate surface area is 207 Å². The normalized spacial score (nSPS) is 12.5. The molecular weight excluding hydrogens is 478 g/mol. The summed E-state index contributed by atoms with van der Waals surface area (Å²) < 4.78 is 39.6. The van der Waals surface area contributed by atoms with E-state index in [1.165, 1.54) is 18.2 Å². The van der Waals surface area contributed by atoms with Crippen molar-refractivity contribution in [3.63, 3.8) is 0 Å². The van der Waals surface area contributed by atoms with Gasteiger partial charge in [-0.1, -0.05) is 66.2 Å². The van der Waals surface area contributed by atoms with E-state index in [9.17, 15) is 18.0 Å². The van der Waals surface area contributed by atoms with Crippen molar-refractivity contribution in [2.75, 3.05) is 0 Å². The summed E-state index contributed by atoms with van der Waals surface area (Å²) in [4.78, 5) is 25.7. The largest absolute Gasteiger partial charge is 0.425 e. The van der Waals surface area contributed by atoms with Crippen LogP contribution in [0.3, 0.4) is 0 Å². The lowest BCUT2D eigenvalue weighted by molar-refractivity contribution is -0.136. The first-order valence-corrected chi connectivity index (χ1v) is 12.6. The topological polar surface area (TPSA) is 103 Å². The predicted molar refractivity (Wildman–Crippen MR) is 136 cm³/mol. The number of rotatable bonds is 6. The Morgan fingerprint density at radius 3 is 2.22 bits per heavy atom. The Morgan fingerprint density at radius 2 is 1.50 bits per heavy atom. The van der Waals surface area contributed by atoms with Crippen molar-refractivity contribution in [2.24, 2.45) is 0 Å². The Bertz CT molecular complexity index is 1740. The smallest absolute Gasteiger partial charge is 0.344 e. The van der Waals surface area contributed by atoms with Gasteiger partial charge in [-0.25, -0.2) is 18.0 Å². The number of esters is 1. The van der Waals surface area contributed by atoms with Gasteiger partial charge in [0, 0.05) is 11.5 Å². The lowest BCUT2D eigenvalue weighted by Crippen LogP contribution is -2.36. The lowest BCUT2D eigenvalue weighted by Gasteiger charge is -2.18. The van der Waals surface area contributed by atoms with Crippen LogP contribution in [-0.4, -0.2) is 14.4 Å². The molecule has 0 fully saturated rings. The van der Waals surface area contributed by atoms with Gasteiger partial charge in [0.05, 0.1) is 10.3 Å². The van der Waals surface area contributed by atoms with Gasteiger partial charge in [-0.2, -0.15) is 4.72 Å². The lowest BCUT2D eigenvalue weighted by atomic mass is 10.1. The fourth-order valence-electron chi connectivity index (χ4n) is 3.94. The van der Waals surface area contributed by atoms with Crippen LogP contribution in [0.5, 0.6) is 5.75 Å². The number of benzene rings is 4. The van der Waals surface area contributed by atoms with Crippen LogP contribution in [0.1, 0.15) is 17.2 Å². The summed E-state index contributed by atoms with van der Waals surface area (Å²) in [5, 5.41) is 1.85. The molecule has 5 rings (SSSR count). The molecule has 0 saturated heterocycles. The van der Waals surface area contributed by atoms with E-state index in [4.69, 9.17) is 9.15 Å². The maximum absolute atomic E-state index is 13.3. The molecule has 0 saturated carbocycles. The molecule has 0 aliphatic rings. The minimum atomic E-state index is -4.04. The third-order valence-corrected chi connectivity index (χ3v) is 7.22. The number of hydrogen-bond acceptors (Lipinski definition) is 6. The first-order chi connectivity index (χ1) is 17.3. The summed E-state index contributed by atoms with van der Waals surface area (Å²) in [7, 11) is -4.04. The second kappa shape index (κ2) is 9.41. The first kappa shape index (κ1) is 23.5. The number of sulfonamides is 1. The maximum atomic E-state index is 13.3. The van der Waals surface area contributed by atoms with E-state index in [1.807, 2.05) is 19.1 Å². The van der Waals surface area contributed by atoms with E-state index < -0.39 is 27.7 Å². The maximum Gasteiger partial charge on any atom is 0.344 e. The van der Waals surface area contributed by atoms with Crippen molar-refractivity contribution >= 4 is 37.7 Å². The van der Waals surface area contributed by atoms with Crippen LogP contribution in [0.25, 0.3) is 21.7 Å². The third-order valence-electron chi connectivity index (χ3n) is 5.78. The Hall–Kier alpha value is -4.27. The van der Waals surface area contributed by atoms with Crippen molar-refractivity contribution < 1.29 is 22.4 Å². The molecule has 1 N–H and O–H groups in total. The van der Waals surface area contributed by atoms with Crippen LogP contribution < -0.4 is 15.1 Å². The van der Waals surface area contributed by atoms with E-state index in [0.717, 1.165) is 10.9 Å². The van der Waals surface area contributed by atoms with Gasteiger partial charge < -0.3 is 9.15 Å². The molecule has 1 atom stereocenters. The van der Waals surface area contributed by atoms with Crippen LogP contribution in [0.15, 0.2) is 111 Å². The average molecular weight is 500 g/mol. The highest BCUT2D eigenvalue weighted by Gasteiger charge is 2.29. The van der Waals surface area contributed by atoms with Crippen LogP contribution in [0.4, 0.5) is 0 Å².